The van der Waals surface area contributed by atoms with Crippen LogP contribution in [0.15, 0.2) is 11.1 Å². The molecule has 0 saturated carbocycles. The number of nitrogens with zero attached hydrogens (tertiary/aromatic N) is 3. The van der Waals surface area contributed by atoms with Crippen LogP contribution in [-0.2, 0) is 31.6 Å². The molecule has 186 valence electrons. The number of hydrogen-bond acceptors (Lipinski definition) is 12. The zero-order chi connectivity index (χ0) is 25.4. The standard InChI is InChI=1S/C12H18ClN4O13P3/c1-3-4-12(13)8(18)7(27-9(12)17-5-15-10(14)16-11(17)19)6(2)28-32(23,24)30-33(25,26)29-31(20,21)22/h5-9,18H,1-2H3,(H,23,24)(H,25,26)(H2,14,16,19)(H2,20,21,22)/t6-,7+,8?,9+,12+/m0/s1. The monoisotopic (exact) mass is 554 g/mol. The number of phosphoric ester groups is 1. The lowest BCUT2D eigenvalue weighted by atomic mass is 9.97. The average Bonchev–Trinajstić information content (AvgIpc) is 2.83. The lowest BCUT2D eigenvalue weighted by Gasteiger charge is -2.26. The number of hydrogen-bond donors (Lipinski definition) is 6. The molecule has 2 heterocycles. The summed E-state index contributed by atoms with van der Waals surface area (Å²) in [5.41, 5.74) is 4.35. The third kappa shape index (κ3) is 6.91. The summed E-state index contributed by atoms with van der Waals surface area (Å²) in [6.07, 6.45) is -5.72. The summed E-state index contributed by atoms with van der Waals surface area (Å²) in [5, 5.41) is 10.7. The molecule has 0 radical (unpaired) electrons. The second kappa shape index (κ2) is 9.80. The van der Waals surface area contributed by atoms with Gasteiger partial charge >= 0.3 is 29.2 Å². The van der Waals surface area contributed by atoms with Crippen molar-refractivity contribution in [3.8, 4) is 11.8 Å². The lowest BCUT2D eigenvalue weighted by molar-refractivity contribution is -0.0751. The highest BCUT2D eigenvalue weighted by molar-refractivity contribution is 7.66. The van der Waals surface area contributed by atoms with Crippen molar-refractivity contribution in [2.75, 3.05) is 5.73 Å². The van der Waals surface area contributed by atoms with Gasteiger partial charge in [0.25, 0.3) is 0 Å². The smallest absolute Gasteiger partial charge is 0.387 e. The average molecular weight is 555 g/mol. The Balaban J connectivity index is 2.31. The van der Waals surface area contributed by atoms with Crippen molar-refractivity contribution in [2.45, 2.75) is 43.3 Å². The molecular weight excluding hydrogens is 537 g/mol. The second-order valence-electron chi connectivity index (χ2n) is 6.35. The van der Waals surface area contributed by atoms with Gasteiger partial charge < -0.3 is 35.2 Å². The molecule has 0 bridgehead atoms. The highest BCUT2D eigenvalue weighted by Crippen LogP contribution is 2.66. The molecule has 7 atom stereocenters. The van der Waals surface area contributed by atoms with E-state index in [-0.39, 0.29) is 5.95 Å². The number of aromatic nitrogens is 3. The van der Waals surface area contributed by atoms with Gasteiger partial charge in [-0.25, -0.2) is 23.5 Å². The van der Waals surface area contributed by atoms with Crippen molar-refractivity contribution in [3.05, 3.63) is 16.8 Å². The fraction of sp³-hybridized carbons (Fsp3) is 0.583. The van der Waals surface area contributed by atoms with Gasteiger partial charge in [0.2, 0.25) is 5.95 Å². The summed E-state index contributed by atoms with van der Waals surface area (Å²) < 4.78 is 52.4. The van der Waals surface area contributed by atoms with Crippen LogP contribution in [0.1, 0.15) is 20.1 Å². The van der Waals surface area contributed by atoms with E-state index in [1.807, 2.05) is 0 Å². The van der Waals surface area contributed by atoms with Crippen LogP contribution in [0.5, 0.6) is 0 Å². The normalized spacial score (nSPS) is 30.0. The first-order valence-corrected chi connectivity index (χ1v) is 13.3. The number of aliphatic hydroxyl groups is 1. The summed E-state index contributed by atoms with van der Waals surface area (Å²) in [4.78, 5) is 53.3. The van der Waals surface area contributed by atoms with Crippen molar-refractivity contribution in [1.29, 1.82) is 0 Å². The van der Waals surface area contributed by atoms with E-state index in [9.17, 15) is 33.4 Å². The van der Waals surface area contributed by atoms with Gasteiger partial charge in [-0.1, -0.05) is 17.5 Å². The fourth-order valence-corrected chi connectivity index (χ4v) is 6.33. The van der Waals surface area contributed by atoms with Gasteiger partial charge in [0.1, 0.15) is 18.5 Å². The Morgan fingerprint density at radius 3 is 2.39 bits per heavy atom. The number of aliphatic hydroxyl groups excluding tert-OH is 1. The van der Waals surface area contributed by atoms with E-state index < -0.39 is 58.6 Å². The van der Waals surface area contributed by atoms with E-state index in [1.54, 1.807) is 0 Å². The maximum atomic E-state index is 12.2. The number of phosphoric acid groups is 3. The summed E-state index contributed by atoms with van der Waals surface area (Å²) in [6.45, 7) is 2.41. The van der Waals surface area contributed by atoms with Crippen LogP contribution in [0.4, 0.5) is 5.95 Å². The van der Waals surface area contributed by atoms with Gasteiger partial charge in [0, 0.05) is 0 Å². The van der Waals surface area contributed by atoms with Crippen LogP contribution in [0.2, 0.25) is 0 Å². The Hall–Kier alpha value is -1.21. The maximum absolute atomic E-state index is 12.2. The zero-order valence-electron chi connectivity index (χ0n) is 16.5. The molecule has 1 aliphatic heterocycles. The highest BCUT2D eigenvalue weighted by Gasteiger charge is 2.58. The molecule has 0 amide bonds. The quantitative estimate of drug-likeness (QED) is 0.130. The first kappa shape index (κ1) is 28.0. The number of ether oxygens (including phenoxy) is 1. The predicted octanol–water partition coefficient (Wildman–Crippen LogP) is -0.789. The minimum absolute atomic E-state index is 0.367. The summed E-state index contributed by atoms with van der Waals surface area (Å²) in [7, 11) is -16.9. The second-order valence-corrected chi connectivity index (χ2v) is 11.3. The molecule has 0 aromatic carbocycles. The number of rotatable bonds is 8. The van der Waals surface area contributed by atoms with Crippen LogP contribution in [0, 0.1) is 11.8 Å². The third-order valence-electron chi connectivity index (χ3n) is 3.88. The van der Waals surface area contributed by atoms with Crippen LogP contribution in [0.3, 0.4) is 0 Å². The van der Waals surface area contributed by atoms with Gasteiger partial charge in [-0.05, 0) is 13.8 Å². The van der Waals surface area contributed by atoms with Crippen LogP contribution in [-0.4, -0.2) is 62.4 Å². The number of anilines is 1. The van der Waals surface area contributed by atoms with E-state index >= 15 is 0 Å². The Bertz CT molecular complexity index is 1160. The molecule has 1 saturated heterocycles. The number of nitrogen functional groups attached to an aromatic ring is 1. The molecule has 17 nitrogen and oxygen atoms in total. The molecule has 21 heteroatoms. The molecule has 0 aliphatic carbocycles. The van der Waals surface area contributed by atoms with Crippen molar-refractivity contribution in [3.63, 3.8) is 0 Å². The molecular formula is C12H18ClN4O13P3. The highest BCUT2D eigenvalue weighted by atomic mass is 35.5. The molecule has 1 aliphatic rings. The number of halogens is 1. The lowest BCUT2D eigenvalue weighted by Crippen LogP contribution is -2.45. The molecule has 7 N–H and O–H groups in total. The van der Waals surface area contributed by atoms with Gasteiger partial charge in [-0.3, -0.25) is 9.09 Å². The molecule has 1 fully saturated rings. The molecule has 1 aromatic heterocycles. The first-order chi connectivity index (χ1) is 14.9. The number of alkyl halides is 1. The van der Waals surface area contributed by atoms with Crippen LogP contribution < -0.4 is 11.4 Å². The Morgan fingerprint density at radius 1 is 1.27 bits per heavy atom. The van der Waals surface area contributed by atoms with Crippen molar-refractivity contribution < 1.29 is 56.3 Å². The molecule has 2 rings (SSSR count). The van der Waals surface area contributed by atoms with Crippen LogP contribution in [0.25, 0.3) is 0 Å². The van der Waals surface area contributed by atoms with Gasteiger partial charge in [0.05, 0.1) is 6.10 Å². The zero-order valence-corrected chi connectivity index (χ0v) is 20.0. The fourth-order valence-electron chi connectivity index (χ4n) is 2.76. The number of nitrogens with two attached hydrogens (primary N) is 1. The van der Waals surface area contributed by atoms with E-state index in [0.717, 1.165) is 17.8 Å². The Kier molecular flexibility index (Phi) is 8.33. The Labute approximate surface area is 189 Å². The predicted molar refractivity (Wildman–Crippen MR) is 107 cm³/mol. The topological polar surface area (TPSA) is 263 Å². The van der Waals surface area contributed by atoms with E-state index in [1.165, 1.54) is 6.92 Å². The minimum Gasteiger partial charge on any atom is -0.387 e. The summed E-state index contributed by atoms with van der Waals surface area (Å²) in [5.74, 6) is 4.53. The third-order valence-corrected chi connectivity index (χ3v) is 8.31. The molecule has 33 heavy (non-hydrogen) atoms. The van der Waals surface area contributed by atoms with E-state index in [0.29, 0.717) is 0 Å². The van der Waals surface area contributed by atoms with Gasteiger partial charge in [-0.2, -0.15) is 13.6 Å². The van der Waals surface area contributed by atoms with E-state index in [4.69, 9.17) is 31.9 Å². The van der Waals surface area contributed by atoms with Gasteiger partial charge in [0.15, 0.2) is 11.1 Å². The van der Waals surface area contributed by atoms with E-state index in [2.05, 4.69) is 35.0 Å². The van der Waals surface area contributed by atoms with Crippen LogP contribution >= 0.6 is 35.1 Å². The van der Waals surface area contributed by atoms with Gasteiger partial charge in [-0.15, -0.1) is 5.92 Å². The first-order valence-electron chi connectivity index (χ1n) is 8.40. The Morgan fingerprint density at radius 2 is 1.88 bits per heavy atom. The minimum atomic E-state index is -5.77. The molecule has 1 aromatic rings. The van der Waals surface area contributed by atoms with Crippen molar-refractivity contribution >= 4 is 41.0 Å². The largest absolute Gasteiger partial charge is 0.490 e. The molecule has 0 spiro atoms. The summed E-state index contributed by atoms with van der Waals surface area (Å²) >= 11 is 6.42. The SMILES string of the molecule is CC#C[C@@]1(Cl)C(O)[C@@H]([C@H](C)OP(=O)(O)OP(=O)(O)OP(=O)(O)O)O[C@H]1n1cnc(N)nc1=O. The maximum Gasteiger partial charge on any atom is 0.490 e. The van der Waals surface area contributed by atoms with Crippen molar-refractivity contribution in [1.82, 2.24) is 14.5 Å². The molecule has 3 unspecified atom stereocenters. The van der Waals surface area contributed by atoms with Crippen molar-refractivity contribution in [2.24, 2.45) is 0 Å². The summed E-state index contributed by atoms with van der Waals surface area (Å²) in [6, 6.07) is 0.